The Labute approximate surface area is 102 Å². The van der Waals surface area contributed by atoms with Gasteiger partial charge in [0.25, 0.3) is 0 Å². The third-order valence-corrected chi connectivity index (χ3v) is 3.32. The number of hydrogen-bond donors (Lipinski definition) is 0. The van der Waals surface area contributed by atoms with Gasteiger partial charge in [-0.15, -0.1) is 0 Å². The minimum Gasteiger partial charge on any atom is -0.337 e. The molecule has 80 valence electrons. The van der Waals surface area contributed by atoms with Crippen LogP contribution in [0.1, 0.15) is 12.0 Å². The Morgan fingerprint density at radius 3 is 3.07 bits per heavy atom. The normalized spacial score (nSPS) is 21.1. The van der Waals surface area contributed by atoms with Crippen LogP contribution in [0.3, 0.4) is 0 Å². The number of amides is 1. The number of pyridine rings is 1. The summed E-state index contributed by atoms with van der Waals surface area (Å²) in [7, 11) is 0. The number of nitrogens with zero attached hydrogens (tertiary/aromatic N) is 2. The predicted molar refractivity (Wildman–Crippen MR) is 62.0 cm³/mol. The van der Waals surface area contributed by atoms with Crippen molar-refractivity contribution in [3.63, 3.8) is 0 Å². The first kappa shape index (κ1) is 10.9. The van der Waals surface area contributed by atoms with E-state index >= 15 is 0 Å². The van der Waals surface area contributed by atoms with Crippen LogP contribution in [0, 0.1) is 0 Å². The third-order valence-electron chi connectivity index (χ3n) is 2.36. The zero-order valence-corrected chi connectivity index (χ0v) is 10.3. The van der Waals surface area contributed by atoms with Crippen LogP contribution in [-0.4, -0.2) is 27.2 Å². The van der Waals surface area contributed by atoms with E-state index in [2.05, 4.69) is 20.9 Å². The van der Waals surface area contributed by atoms with Crippen LogP contribution in [0.25, 0.3) is 0 Å². The Balaban J connectivity index is 2.09. The predicted octanol–water partition coefficient (Wildman–Crippen LogP) is 2.23. The van der Waals surface area contributed by atoms with Crippen molar-refractivity contribution in [1.82, 2.24) is 9.88 Å². The summed E-state index contributed by atoms with van der Waals surface area (Å²) >= 11 is 9.37. The lowest BCUT2D eigenvalue weighted by molar-refractivity contribution is -0.128. The largest absolute Gasteiger partial charge is 0.337 e. The molecule has 1 saturated heterocycles. The molecule has 1 aliphatic rings. The Hall–Kier alpha value is -0.610. The fourth-order valence-electron chi connectivity index (χ4n) is 1.62. The molecular formula is C10H10BrClN2O. The molecule has 1 aromatic rings. The fourth-order valence-corrected chi connectivity index (χ4v) is 2.43. The maximum atomic E-state index is 11.5. The second kappa shape index (κ2) is 4.49. The molecule has 1 aromatic heterocycles. The van der Waals surface area contributed by atoms with Crippen molar-refractivity contribution in [3.05, 3.63) is 29.0 Å². The van der Waals surface area contributed by atoms with Gasteiger partial charge in [0.05, 0.1) is 0 Å². The highest BCUT2D eigenvalue weighted by Gasteiger charge is 2.27. The summed E-state index contributed by atoms with van der Waals surface area (Å²) in [6.45, 7) is 1.29. The molecule has 2 heterocycles. The monoisotopic (exact) mass is 288 g/mol. The molecule has 1 aliphatic heterocycles. The average Bonchev–Trinajstić information content (AvgIpc) is 2.49. The molecule has 1 unspecified atom stereocenters. The van der Waals surface area contributed by atoms with Gasteiger partial charge in [-0.1, -0.05) is 33.6 Å². The summed E-state index contributed by atoms with van der Waals surface area (Å²) in [6.07, 6.45) is 2.21. The topological polar surface area (TPSA) is 33.2 Å². The van der Waals surface area contributed by atoms with Crippen molar-refractivity contribution in [2.75, 3.05) is 6.54 Å². The van der Waals surface area contributed by atoms with Crippen molar-refractivity contribution < 1.29 is 4.79 Å². The first-order chi connectivity index (χ1) is 7.16. The lowest BCUT2D eigenvalue weighted by Gasteiger charge is -2.16. The van der Waals surface area contributed by atoms with Crippen molar-refractivity contribution in [3.8, 4) is 0 Å². The molecule has 1 amide bonds. The van der Waals surface area contributed by atoms with Crippen molar-refractivity contribution in [2.45, 2.75) is 17.8 Å². The molecule has 1 fully saturated rings. The van der Waals surface area contributed by atoms with Crippen molar-refractivity contribution in [1.29, 1.82) is 0 Å². The van der Waals surface area contributed by atoms with Gasteiger partial charge in [0.1, 0.15) is 5.15 Å². The number of carbonyl (C=O) groups is 1. The van der Waals surface area contributed by atoms with Crippen LogP contribution in [0.4, 0.5) is 0 Å². The summed E-state index contributed by atoms with van der Waals surface area (Å²) in [4.78, 5) is 17.6. The lowest BCUT2D eigenvalue weighted by atomic mass is 10.3. The van der Waals surface area contributed by atoms with Crippen molar-refractivity contribution in [2.24, 2.45) is 0 Å². The second-order valence-electron chi connectivity index (χ2n) is 3.53. The van der Waals surface area contributed by atoms with E-state index in [1.807, 2.05) is 12.1 Å². The zero-order chi connectivity index (χ0) is 10.8. The lowest BCUT2D eigenvalue weighted by Crippen LogP contribution is -2.24. The molecule has 0 spiro atoms. The molecule has 0 radical (unpaired) electrons. The Morgan fingerprint density at radius 2 is 2.47 bits per heavy atom. The maximum absolute atomic E-state index is 11.5. The molecular weight excluding hydrogens is 279 g/mol. The smallest absolute Gasteiger partial charge is 0.224 e. The summed E-state index contributed by atoms with van der Waals surface area (Å²) in [5.41, 5.74) is 0.897. The fraction of sp³-hybridized carbons (Fsp3) is 0.400. The van der Waals surface area contributed by atoms with Gasteiger partial charge < -0.3 is 4.90 Å². The summed E-state index contributed by atoms with van der Waals surface area (Å²) in [6, 6.07) is 3.72. The second-order valence-corrected chi connectivity index (χ2v) is 5.18. The SMILES string of the molecule is O=C1CC(Br)CN1Cc1cccnc1Cl. The summed E-state index contributed by atoms with van der Waals surface area (Å²) in [5, 5.41) is 0.475. The summed E-state index contributed by atoms with van der Waals surface area (Å²) in [5.74, 6) is 0.164. The third kappa shape index (κ3) is 2.49. The van der Waals surface area contributed by atoms with E-state index in [9.17, 15) is 4.79 Å². The van der Waals surface area contributed by atoms with E-state index in [-0.39, 0.29) is 10.7 Å². The van der Waals surface area contributed by atoms with Gasteiger partial charge in [-0.25, -0.2) is 4.98 Å². The van der Waals surface area contributed by atoms with Crippen LogP contribution in [0.15, 0.2) is 18.3 Å². The van der Waals surface area contributed by atoms with Crippen LogP contribution in [-0.2, 0) is 11.3 Å². The van der Waals surface area contributed by atoms with Crippen LogP contribution >= 0.6 is 27.5 Å². The highest BCUT2D eigenvalue weighted by Crippen LogP contribution is 2.22. The molecule has 0 aromatic carbocycles. The number of alkyl halides is 1. The van der Waals surface area contributed by atoms with E-state index in [0.29, 0.717) is 18.1 Å². The van der Waals surface area contributed by atoms with Crippen LogP contribution in [0.5, 0.6) is 0 Å². The van der Waals surface area contributed by atoms with Crippen LogP contribution in [0.2, 0.25) is 5.15 Å². The molecule has 3 nitrogen and oxygen atoms in total. The molecule has 15 heavy (non-hydrogen) atoms. The molecule has 1 atom stereocenters. The van der Waals surface area contributed by atoms with Crippen molar-refractivity contribution >= 4 is 33.4 Å². The van der Waals surface area contributed by atoms with E-state index in [0.717, 1.165) is 12.1 Å². The Bertz CT molecular complexity index is 385. The zero-order valence-electron chi connectivity index (χ0n) is 7.99. The number of rotatable bonds is 2. The minimum atomic E-state index is 0.164. The Morgan fingerprint density at radius 1 is 1.67 bits per heavy atom. The Kier molecular flexibility index (Phi) is 3.26. The highest BCUT2D eigenvalue weighted by molar-refractivity contribution is 9.09. The van der Waals surface area contributed by atoms with Gasteiger partial charge in [-0.05, 0) is 6.07 Å². The van der Waals surface area contributed by atoms with Gasteiger partial charge in [0, 0.05) is 36.1 Å². The standard InChI is InChI=1S/C10H10BrClN2O/c11-8-4-9(15)14(6-8)5-7-2-1-3-13-10(7)12/h1-3,8H,4-6H2. The maximum Gasteiger partial charge on any atom is 0.224 e. The molecule has 0 aliphatic carbocycles. The average molecular weight is 290 g/mol. The quantitative estimate of drug-likeness (QED) is 0.618. The van der Waals surface area contributed by atoms with Gasteiger partial charge in [-0.2, -0.15) is 0 Å². The van der Waals surface area contributed by atoms with Gasteiger partial charge >= 0.3 is 0 Å². The van der Waals surface area contributed by atoms with E-state index in [4.69, 9.17) is 11.6 Å². The first-order valence-electron chi connectivity index (χ1n) is 4.68. The van der Waals surface area contributed by atoms with E-state index in [1.165, 1.54) is 0 Å². The molecule has 0 bridgehead atoms. The number of halogens is 2. The van der Waals surface area contributed by atoms with E-state index < -0.39 is 0 Å². The van der Waals surface area contributed by atoms with Crippen LogP contribution < -0.4 is 0 Å². The molecule has 2 rings (SSSR count). The molecule has 5 heteroatoms. The molecule has 0 saturated carbocycles. The summed E-state index contributed by atoms with van der Waals surface area (Å²) < 4.78 is 0. The number of hydrogen-bond acceptors (Lipinski definition) is 2. The van der Waals surface area contributed by atoms with Gasteiger partial charge in [0.15, 0.2) is 0 Å². The van der Waals surface area contributed by atoms with E-state index in [1.54, 1.807) is 11.1 Å². The number of likely N-dealkylation sites (tertiary alicyclic amines) is 1. The number of aromatic nitrogens is 1. The van der Waals surface area contributed by atoms with Gasteiger partial charge in [0.2, 0.25) is 5.91 Å². The minimum absolute atomic E-state index is 0.164. The van der Waals surface area contributed by atoms with Gasteiger partial charge in [-0.3, -0.25) is 4.79 Å². The first-order valence-corrected chi connectivity index (χ1v) is 5.97. The number of carbonyl (C=O) groups excluding carboxylic acids is 1. The molecule has 0 N–H and O–H groups in total. The highest BCUT2D eigenvalue weighted by atomic mass is 79.9.